The quantitative estimate of drug-likeness (QED) is 0.140. The summed E-state index contributed by atoms with van der Waals surface area (Å²) in [6, 6.07) is 0. The van der Waals surface area contributed by atoms with Crippen LogP contribution in [-0.2, 0) is 57.8 Å². The zero-order valence-electron chi connectivity index (χ0n) is 11.6. The number of rotatable bonds is 0. The summed E-state index contributed by atoms with van der Waals surface area (Å²) in [6.45, 7) is 4.00. The summed E-state index contributed by atoms with van der Waals surface area (Å²) in [5.74, 6) is 0. The summed E-state index contributed by atoms with van der Waals surface area (Å²) >= 11 is 0. The Bertz CT molecular complexity index is 160. The number of aliphatic hydroxyl groups excluding tert-OH is 8. The van der Waals surface area contributed by atoms with Crippen molar-refractivity contribution in [2.75, 3.05) is 0 Å². The van der Waals surface area contributed by atoms with Gasteiger partial charge in [0.15, 0.2) is 0 Å². The first-order valence-electron chi connectivity index (χ1n) is 3.42. The third kappa shape index (κ3) is 527. The van der Waals surface area contributed by atoms with E-state index in [0.717, 1.165) is 0 Å². The van der Waals surface area contributed by atoms with Crippen molar-refractivity contribution < 1.29 is 98.7 Å². The van der Waals surface area contributed by atoms with Crippen LogP contribution in [0.5, 0.6) is 0 Å². The summed E-state index contributed by atoms with van der Waals surface area (Å²) in [5, 5.41) is 54.1. The van der Waals surface area contributed by atoms with E-state index in [1.807, 2.05) is 0 Å². The maximum atomic E-state index is 8.24. The van der Waals surface area contributed by atoms with Crippen LogP contribution >= 0.6 is 0 Å². The fourth-order valence-corrected chi connectivity index (χ4v) is 0. The molecule has 8 N–H and O–H groups in total. The van der Waals surface area contributed by atoms with Crippen LogP contribution in [0.2, 0.25) is 0 Å². The largest absolute Gasteiger partial charge is 0.665 e. The normalized spacial score (nSPS) is 3.84. The summed E-state index contributed by atoms with van der Waals surface area (Å²) in [5.41, 5.74) is 0. The zero-order chi connectivity index (χ0) is 21.7. The Kier molecular flexibility index (Phi) is 924. The van der Waals surface area contributed by atoms with E-state index in [4.69, 9.17) is 79.2 Å². The molecule has 17 heteroatoms. The van der Waals surface area contributed by atoms with Gasteiger partial charge in [-0.15, -0.1) is 0 Å². The third-order valence-corrected chi connectivity index (χ3v) is 0. The number of hydrogen-bond acceptors (Lipinski definition) is 8. The fraction of sp³-hybridized carbons (Fsp3) is 0. The van der Waals surface area contributed by atoms with E-state index in [1.54, 1.807) is 0 Å². The molecule has 0 atom stereocenters. The first-order valence-corrected chi connectivity index (χ1v) is 3.42. The van der Waals surface area contributed by atoms with Gasteiger partial charge in [-0.05, 0) is 0 Å². The van der Waals surface area contributed by atoms with Crippen molar-refractivity contribution in [3.63, 3.8) is 0 Å². The van der Waals surface area contributed by atoms with E-state index in [9.17, 15) is 0 Å². The Morgan fingerprint density at radius 2 is 0.280 bits per heavy atom. The van der Waals surface area contributed by atoms with Gasteiger partial charge in [-0.1, -0.05) is 51.8 Å². The second kappa shape index (κ2) is 399. The molecule has 0 aromatic rings. The molecular formula is C8H8O16Zn-8. The standard InChI is InChI=1S/8CHO2.Zn/c8*2-1-3;/h8*(H,2,3);/q8*-1;. The number of hydrogen-bond donors (Lipinski definition) is 8. The third-order valence-electron chi connectivity index (χ3n) is 0. The SMILES string of the molecule is O=[C-]O.O=[C-]O.O=[C-]O.O=[C-]O.O=[C-]O.O=[C-]O.O=[C-]O.O=[C-]O.[Zn]. The van der Waals surface area contributed by atoms with Crippen molar-refractivity contribution in [3.8, 4) is 0 Å². The van der Waals surface area contributed by atoms with Crippen molar-refractivity contribution in [1.29, 1.82) is 0 Å². The zero-order valence-corrected chi connectivity index (χ0v) is 14.5. The van der Waals surface area contributed by atoms with Gasteiger partial charge in [-0.25, -0.2) is 0 Å². The molecule has 0 heterocycles. The van der Waals surface area contributed by atoms with Gasteiger partial charge < -0.3 is 79.2 Å². The van der Waals surface area contributed by atoms with Gasteiger partial charge in [-0.3, -0.25) is 0 Å². The summed E-state index contributed by atoms with van der Waals surface area (Å²) in [6.07, 6.45) is 0. The molecule has 0 rings (SSSR count). The van der Waals surface area contributed by atoms with Gasteiger partial charge in [-0.2, -0.15) is 0 Å². The second-order valence-electron chi connectivity index (χ2n) is 0.730. The first kappa shape index (κ1) is 57.9. The Morgan fingerprint density at radius 3 is 0.280 bits per heavy atom. The van der Waals surface area contributed by atoms with Crippen molar-refractivity contribution in [2.45, 2.75) is 0 Å². The molecule has 16 nitrogen and oxygen atoms in total. The van der Waals surface area contributed by atoms with Crippen LogP contribution in [0.1, 0.15) is 0 Å². The molecule has 0 spiro atoms. The van der Waals surface area contributed by atoms with Crippen LogP contribution in [-0.4, -0.2) is 92.6 Å². The minimum Gasteiger partial charge on any atom is -0.665 e. The average Bonchev–Trinajstić information content (AvgIpc) is 2.45. The minimum atomic E-state index is 0. The van der Waals surface area contributed by atoms with Crippen LogP contribution in [0.4, 0.5) is 0 Å². The van der Waals surface area contributed by atoms with E-state index in [1.165, 1.54) is 0 Å². The predicted molar refractivity (Wildman–Crippen MR) is 66.6 cm³/mol. The molecule has 0 bridgehead atoms. The molecular weight excluding hydrogens is 417 g/mol. The topological polar surface area (TPSA) is 298 Å². The summed E-state index contributed by atoms with van der Waals surface area (Å²) < 4.78 is 0. The second-order valence-corrected chi connectivity index (χ2v) is 0.730. The van der Waals surface area contributed by atoms with Crippen LogP contribution in [0.25, 0.3) is 0 Å². The molecule has 0 aliphatic rings. The van der Waals surface area contributed by atoms with E-state index in [0.29, 0.717) is 51.8 Å². The van der Waals surface area contributed by atoms with E-state index in [-0.39, 0.29) is 19.5 Å². The van der Waals surface area contributed by atoms with Gasteiger partial charge in [0.2, 0.25) is 0 Å². The molecule has 0 aromatic carbocycles. The molecule has 25 heavy (non-hydrogen) atoms. The van der Waals surface area contributed by atoms with E-state index >= 15 is 0 Å². The van der Waals surface area contributed by atoms with Crippen LogP contribution in [0.15, 0.2) is 0 Å². The molecule has 0 aromatic heterocycles. The first-order chi connectivity index (χ1) is 11.3. The molecule has 146 valence electrons. The van der Waals surface area contributed by atoms with Crippen molar-refractivity contribution in [3.05, 3.63) is 0 Å². The molecule has 0 amide bonds. The Balaban J connectivity index is -0.0000000166. The van der Waals surface area contributed by atoms with Crippen molar-refractivity contribution >= 4 is 51.8 Å². The minimum absolute atomic E-state index is 0. The summed E-state index contributed by atoms with van der Waals surface area (Å²) in [4.78, 5) is 65.9. The monoisotopic (exact) mass is 424 g/mol. The maximum Gasteiger partial charge on any atom is 0 e. The fourth-order valence-electron chi connectivity index (χ4n) is 0. The van der Waals surface area contributed by atoms with E-state index in [2.05, 4.69) is 0 Å². The Hall–Kier alpha value is -3.62. The van der Waals surface area contributed by atoms with E-state index < -0.39 is 0 Å². The molecule has 0 saturated carbocycles. The van der Waals surface area contributed by atoms with Gasteiger partial charge in [0, 0.05) is 19.5 Å². The molecule has 0 fully saturated rings. The maximum absolute atomic E-state index is 8.24. The smallest absolute Gasteiger partial charge is 0 e. The molecule has 0 aliphatic heterocycles. The van der Waals surface area contributed by atoms with Crippen LogP contribution < -0.4 is 0 Å². The van der Waals surface area contributed by atoms with Crippen LogP contribution in [0, 0.1) is 0 Å². The molecule has 0 unspecified atom stereocenters. The average molecular weight is 426 g/mol. The van der Waals surface area contributed by atoms with Gasteiger partial charge in [0.05, 0.1) is 0 Å². The Morgan fingerprint density at radius 1 is 0.280 bits per heavy atom. The van der Waals surface area contributed by atoms with Gasteiger partial charge in [0.1, 0.15) is 0 Å². The van der Waals surface area contributed by atoms with Crippen molar-refractivity contribution in [1.82, 2.24) is 0 Å². The molecule has 0 saturated heterocycles. The molecule has 0 radical (unpaired) electrons. The predicted octanol–water partition coefficient (Wildman–Crippen LogP) is -3.11. The van der Waals surface area contributed by atoms with Gasteiger partial charge >= 0.3 is 0 Å². The van der Waals surface area contributed by atoms with Gasteiger partial charge in [0.25, 0.3) is 0 Å². The molecule has 0 aliphatic carbocycles. The van der Waals surface area contributed by atoms with Crippen molar-refractivity contribution in [2.24, 2.45) is 0 Å². The summed E-state index contributed by atoms with van der Waals surface area (Å²) in [7, 11) is 0. The Labute approximate surface area is 151 Å². The van der Waals surface area contributed by atoms with Crippen LogP contribution in [0.3, 0.4) is 0 Å².